The van der Waals surface area contributed by atoms with E-state index in [0.717, 1.165) is 29.6 Å². The molecule has 0 bridgehead atoms. The number of hydrogen-bond donors (Lipinski definition) is 2. The normalized spacial score (nSPS) is 18.4. The average molecular weight is 446 g/mol. The second-order valence-electron chi connectivity index (χ2n) is 8.12. The van der Waals surface area contributed by atoms with Gasteiger partial charge in [0.2, 0.25) is 10.0 Å². The van der Waals surface area contributed by atoms with Crippen LogP contribution in [-0.2, 0) is 10.0 Å². The van der Waals surface area contributed by atoms with Crippen molar-refractivity contribution >= 4 is 22.1 Å². The number of aromatic carboxylic acids is 1. The van der Waals surface area contributed by atoms with Crippen LogP contribution in [0.25, 0.3) is 6.08 Å². The Hall–Kier alpha value is -2.78. The average Bonchev–Trinajstić information content (AvgIpc) is 3.14. The SMILES string of the molecule is CNS(=O)(=O)C1=C(/C=C/C(C)=C/C=C/C(C)=C/c2n[nH]nc2C(=O)[O-])C(C)(C)CCC1. The maximum atomic E-state index is 12.5. The van der Waals surface area contributed by atoms with Crippen molar-refractivity contribution in [2.24, 2.45) is 5.41 Å². The predicted molar refractivity (Wildman–Crippen MR) is 119 cm³/mol. The Morgan fingerprint density at radius 2 is 1.90 bits per heavy atom. The van der Waals surface area contributed by atoms with E-state index in [9.17, 15) is 18.3 Å². The number of rotatable bonds is 8. The number of H-pyrrole nitrogens is 1. The first-order chi connectivity index (χ1) is 14.5. The number of sulfonamides is 1. The molecular weight excluding hydrogens is 416 g/mol. The maximum Gasteiger partial charge on any atom is 0.236 e. The highest BCUT2D eigenvalue weighted by atomic mass is 32.2. The molecule has 0 radical (unpaired) electrons. The number of nitrogens with zero attached hydrogens (tertiary/aromatic N) is 2. The van der Waals surface area contributed by atoms with Crippen LogP contribution in [0.4, 0.5) is 0 Å². The molecular formula is C22H29N4O4S-. The summed E-state index contributed by atoms with van der Waals surface area (Å²) in [6.45, 7) is 7.87. The highest BCUT2D eigenvalue weighted by Crippen LogP contribution is 2.42. The Bertz CT molecular complexity index is 1090. The summed E-state index contributed by atoms with van der Waals surface area (Å²) >= 11 is 0. The molecule has 2 rings (SSSR count). The van der Waals surface area contributed by atoms with Gasteiger partial charge in [-0.3, -0.25) is 0 Å². The Balaban J connectivity index is 2.22. The van der Waals surface area contributed by atoms with Gasteiger partial charge in [0, 0.05) is 0 Å². The molecule has 1 aromatic heterocycles. The van der Waals surface area contributed by atoms with Crippen LogP contribution in [0.2, 0.25) is 0 Å². The fraction of sp³-hybridized carbons (Fsp3) is 0.409. The van der Waals surface area contributed by atoms with E-state index in [0.29, 0.717) is 11.3 Å². The maximum absolute atomic E-state index is 12.5. The lowest BCUT2D eigenvalue weighted by Crippen LogP contribution is -2.28. The summed E-state index contributed by atoms with van der Waals surface area (Å²) in [7, 11) is -2.04. The lowest BCUT2D eigenvalue weighted by atomic mass is 9.75. The highest BCUT2D eigenvalue weighted by Gasteiger charge is 2.33. The van der Waals surface area contributed by atoms with Crippen LogP contribution in [0.3, 0.4) is 0 Å². The first-order valence-corrected chi connectivity index (χ1v) is 11.5. The minimum atomic E-state index is -3.47. The molecule has 1 aliphatic carbocycles. The van der Waals surface area contributed by atoms with Crippen molar-refractivity contribution in [1.29, 1.82) is 0 Å². The fourth-order valence-corrected chi connectivity index (χ4v) is 4.73. The van der Waals surface area contributed by atoms with Crippen molar-refractivity contribution in [2.75, 3.05) is 7.05 Å². The van der Waals surface area contributed by atoms with Gasteiger partial charge in [0.15, 0.2) is 0 Å². The number of hydrogen-bond acceptors (Lipinski definition) is 6. The summed E-state index contributed by atoms with van der Waals surface area (Å²) in [4.78, 5) is 11.4. The highest BCUT2D eigenvalue weighted by molar-refractivity contribution is 7.93. The zero-order valence-corrected chi connectivity index (χ0v) is 19.3. The third-order valence-electron chi connectivity index (χ3n) is 5.19. The summed E-state index contributed by atoms with van der Waals surface area (Å²) in [5, 5.41) is 20.6. The van der Waals surface area contributed by atoms with E-state index in [1.165, 1.54) is 7.05 Å². The predicted octanol–water partition coefficient (Wildman–Crippen LogP) is 2.64. The molecule has 0 saturated carbocycles. The largest absolute Gasteiger partial charge is 0.543 e. The van der Waals surface area contributed by atoms with Crippen LogP contribution >= 0.6 is 0 Å². The molecule has 0 unspecified atom stereocenters. The fourth-order valence-electron chi connectivity index (χ4n) is 3.43. The number of aromatic amines is 1. The molecule has 1 heterocycles. The van der Waals surface area contributed by atoms with Gasteiger partial charge in [-0.1, -0.05) is 49.8 Å². The molecule has 0 amide bonds. The van der Waals surface area contributed by atoms with E-state index in [1.807, 2.05) is 44.2 Å². The third kappa shape index (κ3) is 6.35. The molecule has 0 aliphatic heterocycles. The van der Waals surface area contributed by atoms with Gasteiger partial charge >= 0.3 is 0 Å². The van der Waals surface area contributed by atoms with Crippen LogP contribution in [-0.4, -0.2) is 36.8 Å². The molecule has 0 saturated heterocycles. The van der Waals surface area contributed by atoms with Gasteiger partial charge in [0.1, 0.15) is 11.4 Å². The quantitative estimate of drug-likeness (QED) is 0.592. The smallest absolute Gasteiger partial charge is 0.236 e. The van der Waals surface area contributed by atoms with E-state index in [4.69, 9.17) is 0 Å². The first kappa shape index (κ1) is 24.5. The van der Waals surface area contributed by atoms with E-state index < -0.39 is 16.0 Å². The third-order valence-corrected chi connectivity index (χ3v) is 6.80. The first-order valence-electron chi connectivity index (χ1n) is 9.98. The van der Waals surface area contributed by atoms with Crippen LogP contribution in [0.5, 0.6) is 0 Å². The minimum absolute atomic E-state index is 0.201. The Morgan fingerprint density at radius 1 is 1.19 bits per heavy atom. The lowest BCUT2D eigenvalue weighted by molar-refractivity contribution is -0.255. The number of nitrogens with one attached hydrogen (secondary N) is 2. The van der Waals surface area contributed by atoms with Crippen molar-refractivity contribution in [3.8, 4) is 0 Å². The number of carboxylic acid groups (broad SMARTS) is 1. The second-order valence-corrected chi connectivity index (χ2v) is 10.0. The molecule has 0 atom stereocenters. The lowest BCUT2D eigenvalue weighted by Gasteiger charge is -2.33. The molecule has 0 spiro atoms. The number of carbonyl (C=O) groups is 1. The Kier molecular flexibility index (Phi) is 7.91. The van der Waals surface area contributed by atoms with Crippen molar-refractivity contribution < 1.29 is 18.3 Å². The van der Waals surface area contributed by atoms with Crippen molar-refractivity contribution in [3.05, 3.63) is 63.4 Å². The van der Waals surface area contributed by atoms with Gasteiger partial charge in [-0.2, -0.15) is 15.4 Å². The molecule has 31 heavy (non-hydrogen) atoms. The zero-order valence-electron chi connectivity index (χ0n) is 18.5. The van der Waals surface area contributed by atoms with Gasteiger partial charge in [0.25, 0.3) is 0 Å². The standard InChI is InChI=1S/C22H30N4O4S/c1-15(8-6-9-16(2)14-18-20(21(27)28)25-26-24-18)11-12-17-19(31(29,30)23-5)10-7-13-22(17,3)4/h6,8-9,11-12,14,23H,7,10,13H2,1-5H3,(H,27,28)(H,24,25,26)/p-1/b9-6+,12-11+,15-8+,16-14+. The molecule has 8 nitrogen and oxygen atoms in total. The van der Waals surface area contributed by atoms with E-state index in [2.05, 4.69) is 34.0 Å². The number of aromatic nitrogens is 3. The molecule has 1 aromatic rings. The number of carboxylic acids is 1. The molecule has 0 aromatic carbocycles. The Morgan fingerprint density at radius 3 is 2.55 bits per heavy atom. The summed E-state index contributed by atoms with van der Waals surface area (Å²) in [5.41, 5.74) is 2.30. The van der Waals surface area contributed by atoms with Crippen LogP contribution in [0, 0.1) is 5.41 Å². The molecule has 9 heteroatoms. The molecule has 0 fully saturated rings. The second kappa shape index (κ2) is 10.0. The van der Waals surface area contributed by atoms with Gasteiger partial charge < -0.3 is 9.90 Å². The van der Waals surface area contributed by atoms with E-state index in [1.54, 1.807) is 6.08 Å². The van der Waals surface area contributed by atoms with Gasteiger partial charge in [-0.15, -0.1) is 0 Å². The monoisotopic (exact) mass is 445 g/mol. The topological polar surface area (TPSA) is 128 Å². The number of allylic oxidation sites excluding steroid dienone is 9. The molecule has 168 valence electrons. The summed E-state index contributed by atoms with van der Waals surface area (Å²) in [5.74, 6) is -1.39. The molecule has 1 aliphatic rings. The molecule has 2 N–H and O–H groups in total. The van der Waals surface area contributed by atoms with Crippen molar-refractivity contribution in [1.82, 2.24) is 20.1 Å². The van der Waals surface area contributed by atoms with Crippen LogP contribution in [0.1, 0.15) is 63.1 Å². The summed E-state index contributed by atoms with van der Waals surface area (Å²) in [6.07, 6.45) is 13.2. The van der Waals surface area contributed by atoms with Crippen LogP contribution in [0.15, 0.2) is 52.0 Å². The Labute approximate surface area is 183 Å². The minimum Gasteiger partial charge on any atom is -0.543 e. The van der Waals surface area contributed by atoms with Crippen molar-refractivity contribution in [3.63, 3.8) is 0 Å². The zero-order chi connectivity index (χ0) is 23.2. The van der Waals surface area contributed by atoms with Gasteiger partial charge in [0.05, 0.1) is 10.9 Å². The van der Waals surface area contributed by atoms with Gasteiger partial charge in [-0.05, 0) is 62.8 Å². The number of carbonyl (C=O) groups excluding carboxylic acids is 1. The van der Waals surface area contributed by atoms with Crippen molar-refractivity contribution in [2.45, 2.75) is 47.0 Å². The van der Waals surface area contributed by atoms with E-state index in [-0.39, 0.29) is 16.8 Å². The summed E-state index contributed by atoms with van der Waals surface area (Å²) in [6, 6.07) is 0. The summed E-state index contributed by atoms with van der Waals surface area (Å²) < 4.78 is 27.3. The van der Waals surface area contributed by atoms with E-state index >= 15 is 0 Å². The van der Waals surface area contributed by atoms with Gasteiger partial charge in [-0.25, -0.2) is 13.1 Å². The van der Waals surface area contributed by atoms with Crippen LogP contribution < -0.4 is 9.83 Å².